The largest absolute Gasteiger partial charge is 1.00 e. The first-order valence-electron chi connectivity index (χ1n) is 27.9. The molecule has 68 heavy (non-hydrogen) atoms. The van der Waals surface area contributed by atoms with Crippen molar-refractivity contribution in [2.45, 2.75) is 336 Å². The third kappa shape index (κ3) is 104. The van der Waals surface area contributed by atoms with Crippen molar-refractivity contribution in [2.75, 3.05) is 0 Å². The summed E-state index contributed by atoms with van der Waals surface area (Å²) < 4.78 is 0. The number of hydrogen-bond donors (Lipinski definition) is 2. The molecule has 0 spiro atoms. The van der Waals surface area contributed by atoms with Gasteiger partial charge in [0.2, 0.25) is 0 Å². The number of carbonyl (C=O) groups excluding carboxylic acids is 4. The number of carbonyl (C=O) groups is 4. The van der Waals surface area contributed by atoms with Gasteiger partial charge in [0.05, 0.1) is 0 Å². The first-order valence-corrected chi connectivity index (χ1v) is 27.9. The van der Waals surface area contributed by atoms with Crippen LogP contribution in [-0.2, 0) is 19.2 Å². The van der Waals surface area contributed by atoms with Crippen LogP contribution in [0.1, 0.15) is 336 Å². The monoisotopic (exact) mass is 1020 g/mol. The van der Waals surface area contributed by atoms with E-state index < -0.39 is 23.9 Å². The van der Waals surface area contributed by atoms with Crippen molar-refractivity contribution in [1.29, 1.82) is 0 Å². The van der Waals surface area contributed by atoms with Crippen LogP contribution < -0.4 is 135 Å². The van der Waals surface area contributed by atoms with Crippen molar-refractivity contribution in [3.8, 4) is 0 Å². The van der Waals surface area contributed by atoms with Crippen molar-refractivity contribution in [3.05, 3.63) is 0 Å². The molecule has 400 valence electrons. The molecule has 0 bridgehead atoms. The van der Waals surface area contributed by atoms with Crippen LogP contribution in [0.3, 0.4) is 0 Å². The molecule has 0 atom stereocenters. The number of rotatable bonds is 48. The molecule has 0 unspecified atom stereocenters. The van der Waals surface area contributed by atoms with Gasteiger partial charge in [0.1, 0.15) is 0 Å². The van der Waals surface area contributed by atoms with Crippen LogP contribution in [0.4, 0.5) is 0 Å². The molecule has 0 aliphatic rings. The summed E-state index contributed by atoms with van der Waals surface area (Å²) in [6.45, 7) is 8.97. The van der Waals surface area contributed by atoms with E-state index in [1.54, 1.807) is 0 Å². The van der Waals surface area contributed by atoms with Crippen LogP contribution in [0.25, 0.3) is 0 Å². The summed E-state index contributed by atoms with van der Waals surface area (Å²) in [5, 5.41) is 40.6. The second-order valence-electron chi connectivity index (χ2n) is 18.6. The van der Waals surface area contributed by atoms with Gasteiger partial charge in [-0.05, 0) is 51.4 Å². The Morgan fingerprint density at radius 2 is 0.294 bits per heavy atom. The van der Waals surface area contributed by atoms with Gasteiger partial charge in [0.25, 0.3) is 0 Å². The summed E-state index contributed by atoms with van der Waals surface area (Å²) >= 11 is 0. The van der Waals surface area contributed by atoms with Gasteiger partial charge >= 0.3 is 103 Å². The van der Waals surface area contributed by atoms with Crippen molar-refractivity contribution in [1.82, 2.24) is 12.3 Å². The molecule has 0 amide bonds. The Morgan fingerprint density at radius 1 is 0.206 bits per heavy atom. The molecule has 0 aliphatic carbocycles. The Balaban J connectivity index is -0.000000115. The maximum Gasteiger partial charge on any atom is 1.00 e. The second kappa shape index (κ2) is 82.1. The van der Waals surface area contributed by atoms with Crippen molar-refractivity contribution in [3.63, 3.8) is 0 Å². The molecule has 0 saturated heterocycles. The molecule has 0 rings (SSSR count). The zero-order valence-corrected chi connectivity index (χ0v) is 53.5. The molecule has 0 aromatic rings. The fourth-order valence-corrected chi connectivity index (χ4v) is 7.73. The van der Waals surface area contributed by atoms with Gasteiger partial charge in [0, 0.05) is 23.9 Å². The number of hydrogen-bond acceptors (Lipinski definition) is 8. The first-order chi connectivity index (χ1) is 31.1. The van der Waals surface area contributed by atoms with Crippen LogP contribution >= 0.6 is 0 Å². The Kier molecular flexibility index (Phi) is 104. The molecule has 8 N–H and O–H groups in total. The Morgan fingerprint density at radius 3 is 0.382 bits per heavy atom. The summed E-state index contributed by atoms with van der Waals surface area (Å²) in [6.07, 6.45) is 56.1. The van der Waals surface area contributed by atoms with Gasteiger partial charge in [-0.25, -0.2) is 0 Å². The number of carboxylic acids is 4. The normalized spacial score (nSPS) is 9.94. The van der Waals surface area contributed by atoms with E-state index >= 15 is 0 Å². The fraction of sp³-hybridized carbons (Fsp3) is 0.929. The molecular formula is C56H116K2N2O8. The summed E-state index contributed by atoms with van der Waals surface area (Å²) in [5.74, 6) is -3.63. The molecule has 0 heterocycles. The van der Waals surface area contributed by atoms with Gasteiger partial charge < -0.3 is 51.9 Å². The van der Waals surface area contributed by atoms with E-state index in [1.807, 2.05) is 0 Å². The smallest absolute Gasteiger partial charge is 0.550 e. The molecule has 0 saturated carbocycles. The van der Waals surface area contributed by atoms with Gasteiger partial charge in [-0.15, -0.1) is 0 Å². The molecule has 0 aromatic heterocycles. The van der Waals surface area contributed by atoms with Crippen molar-refractivity contribution >= 4 is 23.9 Å². The van der Waals surface area contributed by atoms with E-state index in [4.69, 9.17) is 0 Å². The Labute approximate surface area is 508 Å². The van der Waals surface area contributed by atoms with E-state index in [0.717, 1.165) is 51.4 Å². The van der Waals surface area contributed by atoms with Gasteiger partial charge in [-0.1, -0.05) is 285 Å². The first kappa shape index (κ1) is 85.8. The van der Waals surface area contributed by atoms with Crippen LogP contribution in [0, 0.1) is 0 Å². The topological polar surface area (TPSA) is 234 Å². The number of aliphatic carboxylic acids is 4. The van der Waals surface area contributed by atoms with E-state index in [0.29, 0.717) is 0 Å². The third-order valence-corrected chi connectivity index (χ3v) is 11.9. The molecule has 0 radical (unpaired) electrons. The number of carboxylic acid groups (broad SMARTS) is 4. The predicted molar refractivity (Wildman–Crippen MR) is 276 cm³/mol. The van der Waals surface area contributed by atoms with E-state index in [1.165, 1.54) is 231 Å². The average Bonchev–Trinajstić information content (AvgIpc) is 3.26. The third-order valence-electron chi connectivity index (χ3n) is 11.9. The zero-order valence-electron chi connectivity index (χ0n) is 47.2. The zero-order chi connectivity index (χ0) is 48.3. The number of unbranched alkanes of at least 4 members (excludes halogenated alkanes) is 40. The minimum absolute atomic E-state index is 0. The van der Waals surface area contributed by atoms with Crippen LogP contribution in [0.2, 0.25) is 0 Å². The molecular weight excluding hydrogens is 907 g/mol. The minimum atomic E-state index is -0.907. The van der Waals surface area contributed by atoms with Gasteiger partial charge in [-0.2, -0.15) is 0 Å². The SMILES string of the molecule is CCCCCCCCCCCCCC(=O)[O-].CCCCCCCCCCCCCC(=O)[O-].CCCCCCCCCCCCCC(=O)[O-].CCCCCCCCCCCCCC(=O)[O-].[K+].[K+].[NH4+].[NH4+]. The Bertz CT molecular complexity index is 789. The van der Waals surface area contributed by atoms with Crippen molar-refractivity contribution in [2.24, 2.45) is 0 Å². The Hall–Kier alpha value is 1.07. The second-order valence-corrected chi connectivity index (χ2v) is 18.6. The molecule has 0 fully saturated rings. The molecule has 0 aromatic carbocycles. The summed E-state index contributed by atoms with van der Waals surface area (Å²) in [6, 6.07) is 0. The van der Waals surface area contributed by atoms with Crippen LogP contribution in [0.5, 0.6) is 0 Å². The minimum Gasteiger partial charge on any atom is -0.550 e. The molecule has 0 aliphatic heterocycles. The van der Waals surface area contributed by atoms with Gasteiger partial charge in [-0.3, -0.25) is 0 Å². The van der Waals surface area contributed by atoms with E-state index in [9.17, 15) is 39.6 Å². The summed E-state index contributed by atoms with van der Waals surface area (Å²) in [4.78, 5) is 40.6. The quantitative estimate of drug-likeness (QED) is 0.0442. The average molecular weight is 1020 g/mol. The van der Waals surface area contributed by atoms with Gasteiger partial charge in [0.15, 0.2) is 0 Å². The van der Waals surface area contributed by atoms with Crippen LogP contribution in [0.15, 0.2) is 0 Å². The maximum atomic E-state index is 10.1. The molecule has 10 nitrogen and oxygen atoms in total. The van der Waals surface area contributed by atoms with E-state index in [-0.39, 0.29) is 141 Å². The predicted octanol–water partition coefficient (Wildman–Crippen LogP) is 8.51. The standard InChI is InChI=1S/4C14H28O2.2K.2H3N/c4*1-2-3-4-5-6-7-8-9-10-11-12-13-14(15)16;;;;/h4*2-13H2,1H3,(H,15,16);;;2*1H3/q;;;;2*+1;;/p-2. The number of quaternary nitrogens is 2. The summed E-state index contributed by atoms with van der Waals surface area (Å²) in [5.41, 5.74) is 0. The van der Waals surface area contributed by atoms with E-state index in [2.05, 4.69) is 27.7 Å². The fourth-order valence-electron chi connectivity index (χ4n) is 7.73. The summed E-state index contributed by atoms with van der Waals surface area (Å²) in [7, 11) is 0. The van der Waals surface area contributed by atoms with Crippen molar-refractivity contribution < 1.29 is 142 Å². The maximum absolute atomic E-state index is 10.1. The van der Waals surface area contributed by atoms with Crippen LogP contribution in [-0.4, -0.2) is 23.9 Å². The molecule has 12 heteroatoms.